The number of hydrogen-bond donors (Lipinski definition) is 2. The lowest BCUT2D eigenvalue weighted by Crippen LogP contribution is -2.35. The van der Waals surface area contributed by atoms with Crippen molar-refractivity contribution < 1.29 is 14.6 Å². The van der Waals surface area contributed by atoms with E-state index in [4.69, 9.17) is 9.47 Å². The van der Waals surface area contributed by atoms with Crippen molar-refractivity contribution >= 4 is 10.8 Å². The molecule has 142 valence electrons. The summed E-state index contributed by atoms with van der Waals surface area (Å²) in [5.74, 6) is 1.57. The molecule has 2 N–H and O–H groups in total. The lowest BCUT2D eigenvalue weighted by atomic mass is 10.1. The Morgan fingerprint density at radius 3 is 2.04 bits per heavy atom. The van der Waals surface area contributed by atoms with Gasteiger partial charge >= 0.3 is 0 Å². The average molecular weight is 365 g/mol. The average Bonchev–Trinajstić information content (AvgIpc) is 2.70. The summed E-state index contributed by atoms with van der Waals surface area (Å²) in [5.41, 5.74) is 1.13. The SMILES string of the molecule is CC(C)NC[C@@H](O)COc1ccc(OCc2ccccc2)c2ccccc12. The smallest absolute Gasteiger partial charge is 0.127 e. The zero-order valence-electron chi connectivity index (χ0n) is 15.9. The van der Waals surface area contributed by atoms with E-state index in [9.17, 15) is 5.11 Å². The lowest BCUT2D eigenvalue weighted by molar-refractivity contribution is 0.105. The summed E-state index contributed by atoms with van der Waals surface area (Å²) >= 11 is 0. The highest BCUT2D eigenvalue weighted by Crippen LogP contribution is 2.33. The minimum absolute atomic E-state index is 0.244. The van der Waals surface area contributed by atoms with E-state index < -0.39 is 6.10 Å². The fraction of sp³-hybridized carbons (Fsp3) is 0.304. The monoisotopic (exact) mass is 365 g/mol. The molecule has 1 atom stereocenters. The summed E-state index contributed by atoms with van der Waals surface area (Å²) in [6, 6.07) is 22.3. The molecule has 0 fully saturated rings. The van der Waals surface area contributed by atoms with Gasteiger partial charge in [0.25, 0.3) is 0 Å². The summed E-state index contributed by atoms with van der Waals surface area (Å²) < 4.78 is 11.9. The van der Waals surface area contributed by atoms with Crippen molar-refractivity contribution in [1.82, 2.24) is 5.32 Å². The molecule has 0 aliphatic carbocycles. The molecule has 0 unspecified atom stereocenters. The van der Waals surface area contributed by atoms with Crippen molar-refractivity contribution in [2.24, 2.45) is 0 Å². The first-order valence-electron chi connectivity index (χ1n) is 9.36. The summed E-state index contributed by atoms with van der Waals surface area (Å²) in [6.07, 6.45) is -0.555. The van der Waals surface area contributed by atoms with Crippen LogP contribution in [0.4, 0.5) is 0 Å². The van der Waals surface area contributed by atoms with E-state index in [0.717, 1.165) is 27.8 Å². The van der Waals surface area contributed by atoms with Crippen LogP contribution in [-0.2, 0) is 6.61 Å². The van der Waals surface area contributed by atoms with Crippen LogP contribution < -0.4 is 14.8 Å². The van der Waals surface area contributed by atoms with E-state index in [-0.39, 0.29) is 6.61 Å². The molecule has 3 aromatic carbocycles. The first-order valence-corrected chi connectivity index (χ1v) is 9.36. The van der Waals surface area contributed by atoms with E-state index in [1.165, 1.54) is 0 Å². The van der Waals surface area contributed by atoms with Crippen molar-refractivity contribution in [3.63, 3.8) is 0 Å². The maximum absolute atomic E-state index is 10.1. The largest absolute Gasteiger partial charge is 0.490 e. The van der Waals surface area contributed by atoms with Gasteiger partial charge in [0.2, 0.25) is 0 Å². The van der Waals surface area contributed by atoms with E-state index >= 15 is 0 Å². The lowest BCUT2D eigenvalue weighted by Gasteiger charge is -2.17. The maximum Gasteiger partial charge on any atom is 0.127 e. The van der Waals surface area contributed by atoms with Crippen LogP contribution in [0.25, 0.3) is 10.8 Å². The zero-order valence-corrected chi connectivity index (χ0v) is 15.9. The Balaban J connectivity index is 1.71. The first kappa shape index (κ1) is 19.2. The molecule has 0 spiro atoms. The molecule has 27 heavy (non-hydrogen) atoms. The number of benzene rings is 3. The van der Waals surface area contributed by atoms with E-state index in [1.807, 2.05) is 66.7 Å². The highest BCUT2D eigenvalue weighted by atomic mass is 16.5. The third kappa shape index (κ3) is 5.46. The molecule has 0 saturated heterocycles. The van der Waals surface area contributed by atoms with Gasteiger partial charge in [0.05, 0.1) is 0 Å². The molecule has 0 saturated carbocycles. The Morgan fingerprint density at radius 2 is 1.41 bits per heavy atom. The standard InChI is InChI=1S/C23H27NO3/c1-17(2)24-14-19(25)16-27-23-13-12-22(20-10-6-7-11-21(20)23)26-15-18-8-4-3-5-9-18/h3-13,17,19,24-25H,14-16H2,1-2H3/t19-/m1/s1. The van der Waals surface area contributed by atoms with Crippen LogP contribution in [-0.4, -0.2) is 30.4 Å². The molecule has 3 rings (SSSR count). The number of hydrogen-bond acceptors (Lipinski definition) is 4. The summed E-state index contributed by atoms with van der Waals surface area (Å²) in [7, 11) is 0. The highest BCUT2D eigenvalue weighted by molar-refractivity contribution is 5.93. The summed E-state index contributed by atoms with van der Waals surface area (Å²) in [6.45, 7) is 5.37. The third-order valence-electron chi connectivity index (χ3n) is 4.27. The molecule has 0 aliphatic heterocycles. The molecule has 0 aromatic heterocycles. The second-order valence-electron chi connectivity index (χ2n) is 6.91. The first-order chi connectivity index (χ1) is 13.1. The third-order valence-corrected chi connectivity index (χ3v) is 4.27. The normalized spacial score (nSPS) is 12.3. The van der Waals surface area contributed by atoms with Gasteiger partial charge in [-0.05, 0) is 17.7 Å². The second-order valence-corrected chi connectivity index (χ2v) is 6.91. The van der Waals surface area contributed by atoms with Gasteiger partial charge in [0.1, 0.15) is 30.8 Å². The van der Waals surface area contributed by atoms with Crippen LogP contribution in [0.15, 0.2) is 66.7 Å². The molecule has 4 nitrogen and oxygen atoms in total. The van der Waals surface area contributed by atoms with Gasteiger partial charge in [-0.15, -0.1) is 0 Å². The minimum atomic E-state index is -0.555. The van der Waals surface area contributed by atoms with E-state index in [1.54, 1.807) is 0 Å². The Morgan fingerprint density at radius 1 is 0.815 bits per heavy atom. The summed E-state index contributed by atoms with van der Waals surface area (Å²) in [5, 5.41) is 15.3. The molecule has 3 aromatic rings. The van der Waals surface area contributed by atoms with Crippen molar-refractivity contribution in [2.45, 2.75) is 32.6 Å². The van der Waals surface area contributed by atoms with E-state index in [0.29, 0.717) is 19.2 Å². The van der Waals surface area contributed by atoms with Crippen LogP contribution in [0.5, 0.6) is 11.5 Å². The maximum atomic E-state index is 10.1. The number of rotatable bonds is 9. The molecule has 0 amide bonds. The fourth-order valence-electron chi connectivity index (χ4n) is 2.85. The van der Waals surface area contributed by atoms with Crippen molar-refractivity contribution in [1.29, 1.82) is 0 Å². The zero-order chi connectivity index (χ0) is 19.1. The predicted molar refractivity (Wildman–Crippen MR) is 109 cm³/mol. The van der Waals surface area contributed by atoms with Gasteiger partial charge in [-0.1, -0.05) is 68.4 Å². The fourth-order valence-corrected chi connectivity index (χ4v) is 2.85. The van der Waals surface area contributed by atoms with Gasteiger partial charge < -0.3 is 19.9 Å². The molecule has 0 bridgehead atoms. The molecule has 0 radical (unpaired) electrons. The number of nitrogens with one attached hydrogen (secondary N) is 1. The Bertz CT molecular complexity index is 849. The van der Waals surface area contributed by atoms with Crippen molar-refractivity contribution in [2.75, 3.05) is 13.2 Å². The predicted octanol–water partition coefficient (Wildman–Crippen LogP) is 4.16. The molecular formula is C23H27NO3. The Hall–Kier alpha value is -2.56. The molecular weight excluding hydrogens is 338 g/mol. The van der Waals surface area contributed by atoms with E-state index in [2.05, 4.69) is 19.2 Å². The van der Waals surface area contributed by atoms with Crippen LogP contribution in [0.3, 0.4) is 0 Å². The van der Waals surface area contributed by atoms with Gasteiger partial charge in [-0.25, -0.2) is 0 Å². The number of aliphatic hydroxyl groups excluding tert-OH is 1. The Labute approximate surface area is 160 Å². The summed E-state index contributed by atoms with van der Waals surface area (Å²) in [4.78, 5) is 0. The van der Waals surface area contributed by atoms with Crippen molar-refractivity contribution in [3.05, 3.63) is 72.3 Å². The minimum Gasteiger partial charge on any atom is -0.490 e. The topological polar surface area (TPSA) is 50.7 Å². The second kappa shape index (κ2) is 9.40. The molecule has 0 heterocycles. The highest BCUT2D eigenvalue weighted by Gasteiger charge is 2.11. The van der Waals surface area contributed by atoms with Crippen LogP contribution in [0, 0.1) is 0 Å². The molecule has 0 aliphatic rings. The number of ether oxygens (including phenoxy) is 2. The van der Waals surface area contributed by atoms with Crippen LogP contribution >= 0.6 is 0 Å². The quantitative estimate of drug-likeness (QED) is 0.598. The number of aliphatic hydroxyl groups is 1. The Kier molecular flexibility index (Phi) is 6.69. The van der Waals surface area contributed by atoms with Gasteiger partial charge in [0.15, 0.2) is 0 Å². The van der Waals surface area contributed by atoms with Gasteiger partial charge in [-0.3, -0.25) is 0 Å². The molecule has 4 heteroatoms. The van der Waals surface area contributed by atoms with Crippen LogP contribution in [0.1, 0.15) is 19.4 Å². The van der Waals surface area contributed by atoms with Gasteiger partial charge in [-0.2, -0.15) is 0 Å². The van der Waals surface area contributed by atoms with Crippen molar-refractivity contribution in [3.8, 4) is 11.5 Å². The van der Waals surface area contributed by atoms with Crippen LogP contribution in [0.2, 0.25) is 0 Å². The number of fused-ring (bicyclic) bond motifs is 1. The van der Waals surface area contributed by atoms with Gasteiger partial charge in [0, 0.05) is 23.4 Å².